The Kier molecular flexibility index (Phi) is 5.39. The molecule has 1 unspecified atom stereocenters. The molecule has 1 N–H and O–H groups in total. The molecule has 5 nitrogen and oxygen atoms in total. The molecule has 25 heavy (non-hydrogen) atoms. The normalized spacial score (nSPS) is 18.0. The first-order valence-corrected chi connectivity index (χ1v) is 10.7. The number of sulfone groups is 1. The lowest BCUT2D eigenvalue weighted by molar-refractivity contribution is 0.163. The van der Waals surface area contributed by atoms with Gasteiger partial charge in [0, 0.05) is 61.1 Å². The van der Waals surface area contributed by atoms with E-state index in [-0.39, 0.29) is 17.2 Å². The maximum Gasteiger partial charge on any atom is 0.186 e. The third-order valence-electron chi connectivity index (χ3n) is 4.73. The topological polar surface area (TPSA) is 70.2 Å². The molecule has 2 aromatic rings. The Balaban J connectivity index is 1.86. The van der Waals surface area contributed by atoms with Crippen LogP contribution in [0.25, 0.3) is 0 Å². The lowest BCUT2D eigenvalue weighted by atomic mass is 9.92. The minimum Gasteiger partial charge on any atom is -0.364 e. The molecule has 0 aliphatic carbocycles. The Labute approximate surface area is 148 Å². The summed E-state index contributed by atoms with van der Waals surface area (Å²) in [5.41, 5.74) is 3.03. The van der Waals surface area contributed by atoms with E-state index in [9.17, 15) is 13.2 Å². The van der Waals surface area contributed by atoms with E-state index in [1.54, 1.807) is 12.3 Å². The third-order valence-corrected chi connectivity index (χ3v) is 5.76. The smallest absolute Gasteiger partial charge is 0.186 e. The maximum atomic E-state index is 12.5. The summed E-state index contributed by atoms with van der Waals surface area (Å²) in [4.78, 5) is 18.0. The summed E-state index contributed by atoms with van der Waals surface area (Å²) in [6.45, 7) is 1.61. The predicted molar refractivity (Wildman–Crippen MR) is 99.3 cm³/mol. The molecule has 0 amide bonds. The van der Waals surface area contributed by atoms with Gasteiger partial charge in [0.2, 0.25) is 0 Å². The van der Waals surface area contributed by atoms with Crippen molar-refractivity contribution in [2.45, 2.75) is 31.8 Å². The Morgan fingerprint density at radius 3 is 2.68 bits per heavy atom. The summed E-state index contributed by atoms with van der Waals surface area (Å²) < 4.78 is 23.0. The highest BCUT2D eigenvalue weighted by Crippen LogP contribution is 2.31. The molecule has 0 spiro atoms. The highest BCUT2D eigenvalue weighted by Gasteiger charge is 2.29. The van der Waals surface area contributed by atoms with Crippen LogP contribution >= 0.6 is 0 Å². The molecular weight excluding hydrogens is 336 g/mol. The lowest BCUT2D eigenvalue weighted by Crippen LogP contribution is -2.39. The summed E-state index contributed by atoms with van der Waals surface area (Å²) in [5, 5.41) is 0. The summed E-state index contributed by atoms with van der Waals surface area (Å²) in [6.07, 6.45) is 4.99. The minimum atomic E-state index is -2.99. The number of aromatic nitrogens is 1. The number of nitrogens with one attached hydrogen (secondary N) is 1. The number of H-pyrrole nitrogens is 1. The van der Waals surface area contributed by atoms with Gasteiger partial charge in [0.25, 0.3) is 0 Å². The molecule has 0 bridgehead atoms. The fourth-order valence-electron chi connectivity index (χ4n) is 3.57. The summed E-state index contributed by atoms with van der Waals surface area (Å²) in [5.74, 6) is 0.156. The van der Waals surface area contributed by atoms with Gasteiger partial charge in [-0.15, -0.1) is 0 Å². The second kappa shape index (κ2) is 7.54. The van der Waals surface area contributed by atoms with E-state index in [1.807, 2.05) is 18.2 Å². The first-order chi connectivity index (χ1) is 11.9. The van der Waals surface area contributed by atoms with Crippen LogP contribution in [0.5, 0.6) is 0 Å². The number of nitrogens with zero attached hydrogens (tertiary/aromatic N) is 1. The van der Waals surface area contributed by atoms with Gasteiger partial charge in [0.1, 0.15) is 9.84 Å². The van der Waals surface area contributed by atoms with Gasteiger partial charge >= 0.3 is 0 Å². The fourth-order valence-corrected chi connectivity index (χ4v) is 4.26. The SMILES string of the molecule is CS(=O)(=O)CCCC1c2c([nH]ccc2=O)CCN1Cc1ccccc1. The van der Waals surface area contributed by atoms with Crippen molar-refractivity contribution in [1.82, 2.24) is 9.88 Å². The van der Waals surface area contributed by atoms with Crippen molar-refractivity contribution in [2.24, 2.45) is 0 Å². The second-order valence-electron chi connectivity index (χ2n) is 6.73. The van der Waals surface area contributed by atoms with Crippen molar-refractivity contribution in [3.05, 3.63) is 69.6 Å². The van der Waals surface area contributed by atoms with Gasteiger partial charge in [-0.3, -0.25) is 9.69 Å². The van der Waals surface area contributed by atoms with Crippen LogP contribution in [-0.2, 0) is 22.8 Å². The third kappa shape index (κ3) is 4.58. The van der Waals surface area contributed by atoms with Crippen LogP contribution in [0.2, 0.25) is 0 Å². The monoisotopic (exact) mass is 360 g/mol. The first-order valence-electron chi connectivity index (χ1n) is 8.60. The van der Waals surface area contributed by atoms with E-state index in [0.29, 0.717) is 12.8 Å². The number of fused-ring (bicyclic) bond motifs is 1. The zero-order valence-electron chi connectivity index (χ0n) is 14.4. The molecule has 134 valence electrons. The molecule has 3 rings (SSSR count). The van der Waals surface area contributed by atoms with E-state index >= 15 is 0 Å². The Bertz CT molecular complexity index is 875. The number of benzene rings is 1. The van der Waals surface area contributed by atoms with Crippen LogP contribution < -0.4 is 5.43 Å². The molecule has 0 fully saturated rings. The summed E-state index contributed by atoms with van der Waals surface area (Å²) in [7, 11) is -2.99. The molecule has 0 radical (unpaired) electrons. The molecule has 1 aliphatic heterocycles. The molecule has 1 atom stereocenters. The molecule has 2 heterocycles. The quantitative estimate of drug-likeness (QED) is 0.858. The summed E-state index contributed by atoms with van der Waals surface area (Å²) >= 11 is 0. The average molecular weight is 360 g/mol. The number of pyridine rings is 1. The molecule has 0 saturated carbocycles. The van der Waals surface area contributed by atoms with E-state index in [2.05, 4.69) is 22.0 Å². The highest BCUT2D eigenvalue weighted by molar-refractivity contribution is 7.90. The molecule has 1 aliphatic rings. The van der Waals surface area contributed by atoms with Gasteiger partial charge in [-0.1, -0.05) is 30.3 Å². The summed E-state index contributed by atoms with van der Waals surface area (Å²) in [6, 6.07) is 11.7. The molecule has 0 saturated heterocycles. The average Bonchev–Trinajstić information content (AvgIpc) is 2.56. The lowest BCUT2D eigenvalue weighted by Gasteiger charge is -2.36. The van der Waals surface area contributed by atoms with Crippen molar-refractivity contribution >= 4 is 9.84 Å². The highest BCUT2D eigenvalue weighted by atomic mass is 32.2. The van der Waals surface area contributed by atoms with E-state index in [0.717, 1.165) is 30.8 Å². The second-order valence-corrected chi connectivity index (χ2v) is 8.99. The zero-order valence-corrected chi connectivity index (χ0v) is 15.3. The van der Waals surface area contributed by atoms with Gasteiger partial charge in [-0.25, -0.2) is 8.42 Å². The Morgan fingerprint density at radius 2 is 1.96 bits per heavy atom. The maximum absolute atomic E-state index is 12.5. The van der Waals surface area contributed by atoms with E-state index < -0.39 is 9.84 Å². The largest absolute Gasteiger partial charge is 0.364 e. The fraction of sp³-hybridized carbons (Fsp3) is 0.421. The van der Waals surface area contributed by atoms with Crippen molar-refractivity contribution in [2.75, 3.05) is 18.6 Å². The predicted octanol–water partition coefficient (Wildman–Crippen LogP) is 2.30. The van der Waals surface area contributed by atoms with Gasteiger partial charge in [-0.2, -0.15) is 0 Å². The van der Waals surface area contributed by atoms with Crippen LogP contribution in [-0.4, -0.2) is 36.9 Å². The number of aromatic amines is 1. The van der Waals surface area contributed by atoms with Crippen molar-refractivity contribution < 1.29 is 8.42 Å². The molecule has 6 heteroatoms. The zero-order chi connectivity index (χ0) is 17.9. The van der Waals surface area contributed by atoms with Gasteiger partial charge in [0.05, 0.1) is 0 Å². The van der Waals surface area contributed by atoms with E-state index in [1.165, 1.54) is 11.8 Å². The van der Waals surface area contributed by atoms with Crippen molar-refractivity contribution in [3.8, 4) is 0 Å². The standard InChI is InChI=1S/C19H24N2O3S/c1-25(23,24)13-5-8-17-19-16(20-11-9-18(19)22)10-12-21(17)14-15-6-3-2-4-7-15/h2-4,6-7,9,11,17H,5,8,10,12-14H2,1H3,(H,20,22). The number of hydrogen-bond acceptors (Lipinski definition) is 4. The van der Waals surface area contributed by atoms with Crippen molar-refractivity contribution in [3.63, 3.8) is 0 Å². The van der Waals surface area contributed by atoms with Crippen LogP contribution in [0.3, 0.4) is 0 Å². The minimum absolute atomic E-state index is 0.0378. The van der Waals surface area contributed by atoms with Crippen LogP contribution in [0.15, 0.2) is 47.4 Å². The first kappa shape index (κ1) is 17.9. The number of rotatable bonds is 6. The van der Waals surface area contributed by atoms with Gasteiger partial charge < -0.3 is 4.98 Å². The Morgan fingerprint density at radius 1 is 1.20 bits per heavy atom. The van der Waals surface area contributed by atoms with E-state index in [4.69, 9.17) is 0 Å². The molecule has 1 aromatic carbocycles. The molecule has 1 aromatic heterocycles. The van der Waals surface area contributed by atoms with Gasteiger partial charge in [0.15, 0.2) is 5.43 Å². The van der Waals surface area contributed by atoms with Gasteiger partial charge in [-0.05, 0) is 18.4 Å². The van der Waals surface area contributed by atoms with Crippen LogP contribution in [0.1, 0.15) is 35.7 Å². The van der Waals surface area contributed by atoms with Crippen LogP contribution in [0.4, 0.5) is 0 Å². The molecular formula is C19H24N2O3S. The van der Waals surface area contributed by atoms with Crippen LogP contribution in [0, 0.1) is 0 Å². The number of hydrogen-bond donors (Lipinski definition) is 1. The Hall–Kier alpha value is -1.92. The van der Waals surface area contributed by atoms with Crippen molar-refractivity contribution in [1.29, 1.82) is 0 Å².